The van der Waals surface area contributed by atoms with Crippen LogP contribution in [0.15, 0.2) is 45.3 Å². The number of hydrogen-bond donors (Lipinski definition) is 10. The van der Waals surface area contributed by atoms with Gasteiger partial charge in [-0.05, 0) is 61.1 Å². The number of carbonyl (C=O) groups is 10. The highest BCUT2D eigenvalue weighted by Gasteiger charge is 2.54. The largest absolute Gasteiger partial charge is 0.552 e. The summed E-state index contributed by atoms with van der Waals surface area (Å²) in [5, 5.41) is 64.1. The topological polar surface area (TPSA) is 377 Å². The molecule has 1 aliphatic rings. The predicted octanol–water partition coefficient (Wildman–Crippen LogP) is 0.495. The number of hydrogen-bond acceptors (Lipinski definition) is 17. The summed E-state index contributed by atoms with van der Waals surface area (Å²) >= 11 is 6.26. The average Bonchev–Trinajstić information content (AvgIpc) is 3.24. The summed E-state index contributed by atoms with van der Waals surface area (Å²) in [5.41, 5.74) is -2.84. The van der Waals surface area contributed by atoms with Crippen molar-refractivity contribution in [1.82, 2.24) is 21.3 Å². The molecule has 30 heteroatoms. The van der Waals surface area contributed by atoms with Gasteiger partial charge in [0.15, 0.2) is 12.2 Å². The molecule has 0 aliphatic carbocycles. The fourth-order valence-corrected chi connectivity index (χ4v) is 6.62. The van der Waals surface area contributed by atoms with Crippen LogP contribution in [0.4, 0.5) is 8.78 Å². The van der Waals surface area contributed by atoms with Gasteiger partial charge in [-0.3, -0.25) is 43.2 Å². The number of benzene rings is 2. The minimum Gasteiger partial charge on any atom is -0.508 e. The van der Waals surface area contributed by atoms with Crippen LogP contribution in [0.5, 0.6) is 0 Å². The molecule has 0 bridgehead atoms. The molecule has 384 valence electrons. The van der Waals surface area contributed by atoms with Crippen LogP contribution in [0, 0.1) is 23.5 Å². The van der Waals surface area contributed by atoms with E-state index in [-0.39, 0.29) is 42.3 Å². The Hall–Kier alpha value is -6.07. The fraction of sp³-hybridized carbons (Fsp3) is 0.450. The van der Waals surface area contributed by atoms with Crippen molar-refractivity contribution in [3.05, 3.63) is 68.1 Å². The SMILES string of the molecule is CC(C)C[C@H](NC(=O)CNC(=O)c1cc(Br)ccc1F)B(O)O.CC(C)C[C@H](NC(=O)CNC(=O)c1cc(Br)ccc1F)B1OC(=O)CC(CC(=O)O)(C(=O)O)O1.O=COCC(O)(CC(=O)O)OC=O. The van der Waals surface area contributed by atoms with Crippen molar-refractivity contribution in [3.63, 3.8) is 0 Å². The summed E-state index contributed by atoms with van der Waals surface area (Å²) in [6.45, 7) is 5.50. The monoisotopic (exact) mass is 1120 g/mol. The molecule has 70 heavy (non-hydrogen) atoms. The number of aliphatic hydroxyl groups is 1. The van der Waals surface area contributed by atoms with Gasteiger partial charge in [-0.2, -0.15) is 0 Å². The minimum atomic E-state index is -2.36. The normalized spacial score (nSPS) is 15.6. The highest BCUT2D eigenvalue weighted by molar-refractivity contribution is 9.10. The summed E-state index contributed by atoms with van der Waals surface area (Å²) in [4.78, 5) is 113. The maximum atomic E-state index is 13.9. The van der Waals surface area contributed by atoms with E-state index in [2.05, 4.69) is 62.6 Å². The molecule has 2 unspecified atom stereocenters. The zero-order valence-electron chi connectivity index (χ0n) is 37.7. The Bertz CT molecular complexity index is 2190. The molecular formula is C40H50B2Br2F2N4O20. The van der Waals surface area contributed by atoms with Gasteiger partial charge in [0.2, 0.25) is 11.8 Å². The Kier molecular flexibility index (Phi) is 26.4. The molecule has 4 amide bonds. The van der Waals surface area contributed by atoms with E-state index in [0.717, 1.165) is 12.1 Å². The third kappa shape index (κ3) is 22.6. The molecule has 0 aromatic heterocycles. The second kappa shape index (κ2) is 29.8. The van der Waals surface area contributed by atoms with E-state index in [9.17, 15) is 77.0 Å². The Balaban J connectivity index is 0.000000585. The first-order valence-corrected chi connectivity index (χ1v) is 22.0. The molecule has 1 heterocycles. The first-order valence-electron chi connectivity index (χ1n) is 20.4. The zero-order valence-corrected chi connectivity index (χ0v) is 40.8. The van der Waals surface area contributed by atoms with Gasteiger partial charge in [-0.25, -0.2) is 13.6 Å². The predicted molar refractivity (Wildman–Crippen MR) is 242 cm³/mol. The van der Waals surface area contributed by atoms with Crippen LogP contribution in [0.3, 0.4) is 0 Å². The zero-order chi connectivity index (χ0) is 53.5. The Labute approximate surface area is 415 Å². The molecule has 3 rings (SSSR count). The second-order valence-electron chi connectivity index (χ2n) is 15.8. The molecule has 0 spiro atoms. The van der Waals surface area contributed by atoms with Gasteiger partial charge < -0.3 is 70.5 Å². The van der Waals surface area contributed by atoms with Gasteiger partial charge >= 0.3 is 32.1 Å². The van der Waals surface area contributed by atoms with Crippen molar-refractivity contribution in [2.75, 3.05) is 19.7 Å². The third-order valence-corrected chi connectivity index (χ3v) is 9.90. The van der Waals surface area contributed by atoms with E-state index in [4.69, 9.17) is 19.5 Å². The van der Waals surface area contributed by atoms with Crippen molar-refractivity contribution in [3.8, 4) is 0 Å². The Morgan fingerprint density at radius 1 is 0.829 bits per heavy atom. The standard InChI is InChI=1S/C20H23BBrFN2O9.C14H19BBrFN2O4.C6H8O7/c1-10(2)5-14(21-33-17(29)8-20(34-21,19(31)32)7-16(27)28)25-15(26)9-24-18(30)12-6-11(22)3-4-13(12)23;1-8(2)5-12(15(22)23)19-13(20)7-18-14(21)10-6-9(16)3-4-11(10)17;7-3-12-2-6(11,13-4-8)1-5(9)10/h3-4,6,10,14H,5,7-9H2,1-2H3,(H,24,30)(H,25,26)(H,27,28)(H,31,32);3-4,6,8,12,22-23H,5,7H2,1-2H3,(H,18,21)(H,19,20);3-4,11H,1-2H2,(H,9,10)/t14-,20?;12-;/m00./s1. The van der Waals surface area contributed by atoms with E-state index in [1.165, 1.54) is 24.3 Å². The summed E-state index contributed by atoms with van der Waals surface area (Å²) in [5.74, 6) is -14.1. The summed E-state index contributed by atoms with van der Waals surface area (Å²) < 4.78 is 47.1. The number of carboxylic acid groups (broad SMARTS) is 3. The van der Waals surface area contributed by atoms with Crippen molar-refractivity contribution in [1.29, 1.82) is 0 Å². The summed E-state index contributed by atoms with van der Waals surface area (Å²) in [7, 11) is -3.28. The molecule has 0 saturated carbocycles. The molecule has 0 radical (unpaired) electrons. The number of ether oxygens (including phenoxy) is 2. The molecule has 24 nitrogen and oxygen atoms in total. The third-order valence-electron chi connectivity index (χ3n) is 8.91. The fourth-order valence-electron chi connectivity index (χ4n) is 5.90. The van der Waals surface area contributed by atoms with Crippen LogP contribution in [-0.4, -0.2) is 148 Å². The first-order chi connectivity index (χ1) is 32.6. The molecule has 2 aromatic rings. The lowest BCUT2D eigenvalue weighted by Crippen LogP contribution is -2.61. The van der Waals surface area contributed by atoms with Gasteiger partial charge in [0.1, 0.15) is 18.1 Å². The number of carboxylic acids is 3. The van der Waals surface area contributed by atoms with Crippen LogP contribution in [-0.2, 0) is 57.1 Å². The first kappa shape index (κ1) is 61.9. The minimum absolute atomic E-state index is 0.000976. The second-order valence-corrected chi connectivity index (χ2v) is 17.6. The van der Waals surface area contributed by atoms with Crippen LogP contribution in [0.1, 0.15) is 80.5 Å². The molecular weight excluding hydrogens is 1080 g/mol. The van der Waals surface area contributed by atoms with Gasteiger partial charge in [0, 0.05) is 8.95 Å². The molecule has 1 aliphatic heterocycles. The number of carbonyl (C=O) groups excluding carboxylic acids is 7. The maximum Gasteiger partial charge on any atom is 0.552 e. The number of amides is 4. The van der Waals surface area contributed by atoms with Crippen LogP contribution in [0.25, 0.3) is 0 Å². The van der Waals surface area contributed by atoms with Crippen molar-refractivity contribution >= 4 is 107 Å². The lowest BCUT2D eigenvalue weighted by molar-refractivity contribution is -0.220. The highest BCUT2D eigenvalue weighted by atomic mass is 79.9. The Morgan fingerprint density at radius 2 is 1.33 bits per heavy atom. The van der Waals surface area contributed by atoms with Crippen molar-refractivity contribution < 1.29 is 106 Å². The van der Waals surface area contributed by atoms with Gasteiger partial charge in [0.25, 0.3) is 36.5 Å². The quantitative estimate of drug-likeness (QED) is 0.0388. The van der Waals surface area contributed by atoms with Gasteiger partial charge in [0.05, 0.1) is 48.9 Å². The average molecular weight is 1130 g/mol. The van der Waals surface area contributed by atoms with E-state index >= 15 is 0 Å². The number of halogens is 4. The number of aliphatic carboxylic acids is 3. The highest BCUT2D eigenvalue weighted by Crippen LogP contribution is 2.30. The molecule has 1 saturated heterocycles. The van der Waals surface area contributed by atoms with Crippen molar-refractivity contribution in [2.45, 2.75) is 83.1 Å². The lowest BCUT2D eigenvalue weighted by atomic mass is 9.70. The number of nitrogens with one attached hydrogen (secondary N) is 4. The maximum absolute atomic E-state index is 13.9. The lowest BCUT2D eigenvalue weighted by Gasteiger charge is -2.37. The van der Waals surface area contributed by atoms with E-state index in [1.54, 1.807) is 13.8 Å². The summed E-state index contributed by atoms with van der Waals surface area (Å²) in [6, 6.07) is 7.63. The van der Waals surface area contributed by atoms with E-state index in [1.807, 2.05) is 13.8 Å². The van der Waals surface area contributed by atoms with Gasteiger partial charge in [-0.1, -0.05) is 59.6 Å². The van der Waals surface area contributed by atoms with E-state index < -0.39 is 136 Å². The van der Waals surface area contributed by atoms with Gasteiger partial charge in [-0.15, -0.1) is 0 Å². The van der Waals surface area contributed by atoms with E-state index in [0.29, 0.717) is 15.4 Å². The molecule has 4 atom stereocenters. The molecule has 2 aromatic carbocycles. The van der Waals surface area contributed by atoms with Crippen molar-refractivity contribution in [2.24, 2.45) is 11.8 Å². The summed E-state index contributed by atoms with van der Waals surface area (Å²) in [6.07, 6.45) is -2.13. The smallest absolute Gasteiger partial charge is 0.508 e. The molecule has 10 N–H and O–H groups in total. The Morgan fingerprint density at radius 3 is 1.74 bits per heavy atom. The number of rotatable bonds is 24. The van der Waals surface area contributed by atoms with Crippen LogP contribution in [0.2, 0.25) is 0 Å². The van der Waals surface area contributed by atoms with Crippen LogP contribution < -0.4 is 21.3 Å². The van der Waals surface area contributed by atoms with Crippen LogP contribution >= 0.6 is 31.9 Å². The molecule has 1 fully saturated rings.